The molecule has 1 unspecified atom stereocenters. The van der Waals surface area contributed by atoms with Crippen LogP contribution >= 0.6 is 11.3 Å². The number of hydrogen-bond acceptors (Lipinski definition) is 4. The number of hydrogen-bond donors (Lipinski definition) is 2. The fourth-order valence-corrected chi connectivity index (χ4v) is 2.95. The van der Waals surface area contributed by atoms with Crippen molar-refractivity contribution in [2.75, 3.05) is 5.32 Å². The van der Waals surface area contributed by atoms with E-state index in [2.05, 4.69) is 10.3 Å². The van der Waals surface area contributed by atoms with Gasteiger partial charge in [0.15, 0.2) is 5.13 Å². The molecule has 0 aliphatic rings. The molecular formula is C16H15N3OS. The second-order valence-electron chi connectivity index (χ2n) is 4.77. The summed E-state index contributed by atoms with van der Waals surface area (Å²) in [6.07, 6.45) is 0.511. The molecule has 0 aliphatic carbocycles. The van der Waals surface area contributed by atoms with Crippen molar-refractivity contribution < 1.29 is 4.79 Å². The van der Waals surface area contributed by atoms with Gasteiger partial charge in [0, 0.05) is 0 Å². The second kappa shape index (κ2) is 6.03. The molecule has 0 fully saturated rings. The van der Waals surface area contributed by atoms with Gasteiger partial charge in [-0.25, -0.2) is 4.98 Å². The van der Waals surface area contributed by atoms with Crippen LogP contribution in [0.3, 0.4) is 0 Å². The van der Waals surface area contributed by atoms with Gasteiger partial charge in [0.25, 0.3) is 0 Å². The van der Waals surface area contributed by atoms with Gasteiger partial charge in [-0.15, -0.1) is 0 Å². The van der Waals surface area contributed by atoms with E-state index < -0.39 is 6.04 Å². The largest absolute Gasteiger partial charge is 0.320 e. The summed E-state index contributed by atoms with van der Waals surface area (Å²) >= 11 is 1.45. The van der Waals surface area contributed by atoms with Crippen LogP contribution in [0.4, 0.5) is 5.13 Å². The van der Waals surface area contributed by atoms with Crippen LogP contribution in [0.25, 0.3) is 10.2 Å². The zero-order chi connectivity index (χ0) is 14.7. The Morgan fingerprint density at radius 2 is 1.86 bits per heavy atom. The molecule has 4 nitrogen and oxygen atoms in total. The number of carbonyl (C=O) groups excluding carboxylic acids is 1. The van der Waals surface area contributed by atoms with E-state index in [9.17, 15) is 4.79 Å². The van der Waals surface area contributed by atoms with Crippen molar-refractivity contribution in [3.8, 4) is 0 Å². The zero-order valence-corrected chi connectivity index (χ0v) is 12.1. The predicted octanol–water partition coefficient (Wildman–Crippen LogP) is 2.80. The molecule has 0 saturated carbocycles. The first-order chi connectivity index (χ1) is 10.2. The molecule has 1 atom stereocenters. The third-order valence-corrected chi connectivity index (χ3v) is 4.11. The highest BCUT2D eigenvalue weighted by Gasteiger charge is 2.15. The van der Waals surface area contributed by atoms with E-state index in [1.165, 1.54) is 11.3 Å². The van der Waals surface area contributed by atoms with E-state index in [4.69, 9.17) is 5.73 Å². The van der Waals surface area contributed by atoms with Gasteiger partial charge in [0.2, 0.25) is 5.91 Å². The van der Waals surface area contributed by atoms with Gasteiger partial charge in [-0.05, 0) is 24.1 Å². The number of fused-ring (bicyclic) bond motifs is 1. The van der Waals surface area contributed by atoms with Gasteiger partial charge in [-0.3, -0.25) is 4.79 Å². The Morgan fingerprint density at radius 3 is 2.62 bits per heavy atom. The molecule has 106 valence electrons. The molecule has 2 aromatic carbocycles. The maximum Gasteiger partial charge on any atom is 0.243 e. The van der Waals surface area contributed by atoms with E-state index in [0.29, 0.717) is 11.6 Å². The van der Waals surface area contributed by atoms with Gasteiger partial charge in [0.05, 0.1) is 16.3 Å². The quantitative estimate of drug-likeness (QED) is 0.778. The molecule has 0 aliphatic heterocycles. The highest BCUT2D eigenvalue weighted by atomic mass is 32.1. The molecule has 0 radical (unpaired) electrons. The van der Waals surface area contributed by atoms with Crippen molar-refractivity contribution >= 4 is 32.6 Å². The number of nitrogens with one attached hydrogen (secondary N) is 1. The van der Waals surface area contributed by atoms with Crippen molar-refractivity contribution in [1.82, 2.24) is 4.98 Å². The summed E-state index contributed by atoms with van der Waals surface area (Å²) in [5, 5.41) is 3.38. The topological polar surface area (TPSA) is 68.0 Å². The molecule has 1 amide bonds. The number of anilines is 1. The molecule has 0 saturated heterocycles. The van der Waals surface area contributed by atoms with Crippen LogP contribution in [0.15, 0.2) is 54.6 Å². The predicted molar refractivity (Wildman–Crippen MR) is 86.4 cm³/mol. The van der Waals surface area contributed by atoms with Crippen LogP contribution in [0.5, 0.6) is 0 Å². The number of aromatic nitrogens is 1. The number of thiazole rings is 1. The summed E-state index contributed by atoms with van der Waals surface area (Å²) in [6.45, 7) is 0. The number of benzene rings is 2. The molecule has 3 N–H and O–H groups in total. The van der Waals surface area contributed by atoms with Crippen LogP contribution < -0.4 is 11.1 Å². The van der Waals surface area contributed by atoms with E-state index in [-0.39, 0.29) is 5.91 Å². The van der Waals surface area contributed by atoms with Crippen LogP contribution in [0, 0.1) is 0 Å². The summed E-state index contributed by atoms with van der Waals surface area (Å²) in [4.78, 5) is 16.5. The first-order valence-corrected chi connectivity index (χ1v) is 7.50. The zero-order valence-electron chi connectivity index (χ0n) is 11.3. The third kappa shape index (κ3) is 3.26. The maximum absolute atomic E-state index is 12.1. The molecule has 1 aromatic heterocycles. The Balaban J connectivity index is 1.68. The van der Waals surface area contributed by atoms with Gasteiger partial charge in [-0.2, -0.15) is 0 Å². The summed E-state index contributed by atoms with van der Waals surface area (Å²) in [5.74, 6) is -0.210. The van der Waals surface area contributed by atoms with E-state index in [1.54, 1.807) is 0 Å². The summed E-state index contributed by atoms with van der Waals surface area (Å²) in [5.41, 5.74) is 7.89. The number of para-hydroxylation sites is 1. The highest BCUT2D eigenvalue weighted by molar-refractivity contribution is 7.22. The molecule has 3 rings (SSSR count). The van der Waals surface area contributed by atoms with Gasteiger partial charge in [0.1, 0.15) is 0 Å². The lowest BCUT2D eigenvalue weighted by atomic mass is 10.1. The number of amides is 1. The molecular weight excluding hydrogens is 282 g/mol. The molecule has 3 aromatic rings. The van der Waals surface area contributed by atoms with Crippen molar-refractivity contribution in [2.24, 2.45) is 5.73 Å². The average molecular weight is 297 g/mol. The van der Waals surface area contributed by atoms with Crippen LogP contribution in [-0.2, 0) is 11.2 Å². The lowest BCUT2D eigenvalue weighted by molar-refractivity contribution is -0.117. The average Bonchev–Trinajstić information content (AvgIpc) is 2.90. The minimum absolute atomic E-state index is 0.210. The lowest BCUT2D eigenvalue weighted by Crippen LogP contribution is -2.37. The first kappa shape index (κ1) is 13.7. The SMILES string of the molecule is NC(Cc1ccccc1)C(=O)Nc1nc2ccccc2s1. The van der Waals surface area contributed by atoms with Crippen molar-refractivity contribution in [1.29, 1.82) is 0 Å². The smallest absolute Gasteiger partial charge is 0.243 e. The lowest BCUT2D eigenvalue weighted by Gasteiger charge is -2.10. The van der Waals surface area contributed by atoms with Crippen molar-refractivity contribution in [2.45, 2.75) is 12.5 Å². The molecule has 1 heterocycles. The van der Waals surface area contributed by atoms with Crippen molar-refractivity contribution in [3.63, 3.8) is 0 Å². The first-order valence-electron chi connectivity index (χ1n) is 6.68. The van der Waals surface area contributed by atoms with E-state index >= 15 is 0 Å². The van der Waals surface area contributed by atoms with E-state index in [0.717, 1.165) is 15.8 Å². The Kier molecular flexibility index (Phi) is 3.94. The maximum atomic E-state index is 12.1. The minimum Gasteiger partial charge on any atom is -0.320 e. The highest BCUT2D eigenvalue weighted by Crippen LogP contribution is 2.25. The molecule has 0 spiro atoms. The Bertz CT molecular complexity index is 721. The number of rotatable bonds is 4. The summed E-state index contributed by atoms with van der Waals surface area (Å²) in [6, 6.07) is 16.9. The van der Waals surface area contributed by atoms with Crippen LogP contribution in [0.2, 0.25) is 0 Å². The Labute approximate surface area is 126 Å². The fourth-order valence-electron chi connectivity index (χ4n) is 2.08. The molecule has 21 heavy (non-hydrogen) atoms. The van der Waals surface area contributed by atoms with Crippen LogP contribution in [-0.4, -0.2) is 16.9 Å². The normalized spacial score (nSPS) is 12.2. The molecule has 5 heteroatoms. The third-order valence-electron chi connectivity index (χ3n) is 3.16. The van der Waals surface area contributed by atoms with E-state index in [1.807, 2.05) is 54.6 Å². The number of carbonyl (C=O) groups is 1. The van der Waals surface area contributed by atoms with Gasteiger partial charge >= 0.3 is 0 Å². The van der Waals surface area contributed by atoms with Gasteiger partial charge < -0.3 is 11.1 Å². The Hall–Kier alpha value is -2.24. The Morgan fingerprint density at radius 1 is 1.14 bits per heavy atom. The standard InChI is InChI=1S/C16H15N3OS/c17-12(10-11-6-2-1-3-7-11)15(20)19-16-18-13-8-4-5-9-14(13)21-16/h1-9,12H,10,17H2,(H,18,19,20). The molecule has 0 bridgehead atoms. The number of nitrogens with two attached hydrogens (primary N) is 1. The summed E-state index contributed by atoms with van der Waals surface area (Å²) < 4.78 is 1.05. The van der Waals surface area contributed by atoms with Crippen molar-refractivity contribution in [3.05, 3.63) is 60.2 Å². The minimum atomic E-state index is -0.584. The second-order valence-corrected chi connectivity index (χ2v) is 5.80. The number of nitrogens with zero attached hydrogens (tertiary/aromatic N) is 1. The van der Waals surface area contributed by atoms with Gasteiger partial charge in [-0.1, -0.05) is 53.8 Å². The monoisotopic (exact) mass is 297 g/mol. The fraction of sp³-hybridized carbons (Fsp3) is 0.125. The summed E-state index contributed by atoms with van der Waals surface area (Å²) in [7, 11) is 0. The van der Waals surface area contributed by atoms with Crippen LogP contribution in [0.1, 0.15) is 5.56 Å².